The Hall–Kier alpha value is -1.41. The molecule has 0 amide bonds. The molecule has 2 N–H and O–H groups in total. The second kappa shape index (κ2) is 4.31. The van der Waals surface area contributed by atoms with E-state index in [4.69, 9.17) is 0 Å². The van der Waals surface area contributed by atoms with Gasteiger partial charge in [0.15, 0.2) is 0 Å². The highest BCUT2D eigenvalue weighted by Crippen LogP contribution is 2.77. The van der Waals surface area contributed by atoms with Crippen molar-refractivity contribution >= 4 is 7.60 Å². The van der Waals surface area contributed by atoms with Crippen molar-refractivity contribution in [3.8, 4) is 0 Å². The molecule has 98 valence electrons. The Kier molecular flexibility index (Phi) is 2.86. The van der Waals surface area contributed by atoms with Crippen molar-refractivity contribution in [2.45, 2.75) is 17.5 Å². The average molecular weight is 274 g/mol. The third-order valence-electron chi connectivity index (χ3n) is 3.93. The molecule has 2 unspecified atom stereocenters. The lowest BCUT2D eigenvalue weighted by atomic mass is 10.0. The lowest BCUT2D eigenvalue weighted by Crippen LogP contribution is -2.10. The summed E-state index contributed by atoms with van der Waals surface area (Å²) < 4.78 is 12.0. The summed E-state index contributed by atoms with van der Waals surface area (Å²) in [7, 11) is -4.20. The molecule has 0 radical (unpaired) electrons. The van der Waals surface area contributed by atoms with Crippen molar-refractivity contribution in [2.24, 2.45) is 0 Å². The first-order valence-corrected chi connectivity index (χ1v) is 7.83. The van der Waals surface area contributed by atoms with Crippen LogP contribution in [-0.2, 0) is 9.72 Å². The Morgan fingerprint density at radius 3 is 2.00 bits per heavy atom. The van der Waals surface area contributed by atoms with E-state index in [1.165, 1.54) is 0 Å². The van der Waals surface area contributed by atoms with Crippen molar-refractivity contribution in [1.82, 2.24) is 0 Å². The van der Waals surface area contributed by atoms with Gasteiger partial charge in [0.1, 0.15) is 5.16 Å². The molecule has 0 heterocycles. The minimum atomic E-state index is -4.20. The van der Waals surface area contributed by atoms with Gasteiger partial charge in [0.05, 0.1) is 0 Å². The quantitative estimate of drug-likeness (QED) is 0.845. The van der Waals surface area contributed by atoms with Crippen molar-refractivity contribution in [2.75, 3.05) is 0 Å². The molecule has 2 atom stereocenters. The predicted molar refractivity (Wildman–Crippen MR) is 74.0 cm³/mol. The maximum Gasteiger partial charge on any atom is 0.336 e. The molecule has 0 aromatic heterocycles. The van der Waals surface area contributed by atoms with E-state index in [1.54, 1.807) is 0 Å². The van der Waals surface area contributed by atoms with Crippen molar-refractivity contribution in [3.05, 3.63) is 71.8 Å². The molecule has 1 fully saturated rings. The largest absolute Gasteiger partial charge is 0.336 e. The van der Waals surface area contributed by atoms with Gasteiger partial charge in [0, 0.05) is 5.92 Å². The fraction of sp³-hybridized carbons (Fsp3) is 0.200. The summed E-state index contributed by atoms with van der Waals surface area (Å²) in [5.41, 5.74) is 1.73. The van der Waals surface area contributed by atoms with Crippen LogP contribution in [0.15, 0.2) is 60.7 Å². The number of rotatable bonds is 3. The van der Waals surface area contributed by atoms with E-state index in [1.807, 2.05) is 60.7 Å². The summed E-state index contributed by atoms with van der Waals surface area (Å²) in [4.78, 5) is 19.6. The Morgan fingerprint density at radius 1 is 0.947 bits per heavy atom. The highest BCUT2D eigenvalue weighted by Gasteiger charge is 2.66. The summed E-state index contributed by atoms with van der Waals surface area (Å²) in [6, 6.07) is 18.7. The Morgan fingerprint density at radius 2 is 1.47 bits per heavy atom. The molecule has 0 bridgehead atoms. The van der Waals surface area contributed by atoms with Gasteiger partial charge in [-0.25, -0.2) is 0 Å². The first-order chi connectivity index (χ1) is 9.06. The number of hydrogen-bond donors (Lipinski definition) is 2. The normalized spacial score (nSPS) is 26.1. The van der Waals surface area contributed by atoms with Crippen LogP contribution < -0.4 is 0 Å². The minimum absolute atomic E-state index is 0.100. The van der Waals surface area contributed by atoms with E-state index in [2.05, 4.69) is 0 Å². The monoisotopic (exact) mass is 274 g/mol. The van der Waals surface area contributed by atoms with Gasteiger partial charge in [-0.05, 0) is 17.5 Å². The van der Waals surface area contributed by atoms with Crippen LogP contribution in [0, 0.1) is 0 Å². The Balaban J connectivity index is 2.07. The van der Waals surface area contributed by atoms with Gasteiger partial charge in [0.25, 0.3) is 0 Å². The molecule has 1 aliphatic carbocycles. The smallest absolute Gasteiger partial charge is 0.324 e. The van der Waals surface area contributed by atoms with Gasteiger partial charge in [-0.15, -0.1) is 0 Å². The maximum absolute atomic E-state index is 12.0. The van der Waals surface area contributed by atoms with Crippen LogP contribution in [-0.4, -0.2) is 9.79 Å². The Labute approximate surface area is 112 Å². The lowest BCUT2D eigenvalue weighted by Gasteiger charge is -2.20. The fourth-order valence-electron chi connectivity index (χ4n) is 2.87. The molecule has 3 rings (SSSR count). The topological polar surface area (TPSA) is 57.5 Å². The lowest BCUT2D eigenvalue weighted by molar-refractivity contribution is 0.353. The minimum Gasteiger partial charge on any atom is -0.324 e. The average Bonchev–Trinajstić information content (AvgIpc) is 3.17. The summed E-state index contributed by atoms with van der Waals surface area (Å²) in [6.45, 7) is 0. The van der Waals surface area contributed by atoms with E-state index < -0.39 is 12.8 Å². The van der Waals surface area contributed by atoms with Crippen LogP contribution in [0.2, 0.25) is 0 Å². The van der Waals surface area contributed by atoms with Crippen molar-refractivity contribution < 1.29 is 14.4 Å². The van der Waals surface area contributed by atoms with Crippen LogP contribution in [0.3, 0.4) is 0 Å². The molecule has 0 aliphatic heterocycles. The third-order valence-corrected chi connectivity index (χ3v) is 5.72. The summed E-state index contributed by atoms with van der Waals surface area (Å²) >= 11 is 0. The van der Waals surface area contributed by atoms with Crippen molar-refractivity contribution in [1.29, 1.82) is 0 Å². The molecule has 4 heteroatoms. The van der Waals surface area contributed by atoms with Gasteiger partial charge in [-0.1, -0.05) is 60.7 Å². The summed E-state index contributed by atoms with van der Waals surface area (Å²) in [5, 5.41) is -1.03. The standard InChI is InChI=1S/C15H15O3P/c16-19(17,18)15(13-9-5-2-6-10-13)11-14(15)12-7-3-1-4-8-12/h1-10,14H,11H2,(H2,16,17,18). The third kappa shape index (κ3) is 1.95. The first-order valence-electron chi connectivity index (χ1n) is 6.22. The molecule has 0 spiro atoms. The van der Waals surface area contributed by atoms with Crippen LogP contribution >= 0.6 is 7.60 Å². The van der Waals surface area contributed by atoms with E-state index in [-0.39, 0.29) is 5.92 Å². The zero-order chi connectivity index (χ0) is 13.5. The van der Waals surface area contributed by atoms with Gasteiger partial charge >= 0.3 is 7.60 Å². The summed E-state index contributed by atoms with van der Waals surface area (Å²) in [5.74, 6) is -0.100. The van der Waals surface area contributed by atoms with Gasteiger partial charge in [-0.3, -0.25) is 4.57 Å². The number of hydrogen-bond acceptors (Lipinski definition) is 1. The molecule has 1 aliphatic rings. The molecule has 2 aromatic rings. The van der Waals surface area contributed by atoms with E-state index in [0.29, 0.717) is 6.42 Å². The highest BCUT2D eigenvalue weighted by atomic mass is 31.2. The van der Waals surface area contributed by atoms with Crippen LogP contribution in [0.5, 0.6) is 0 Å². The Bertz CT molecular complexity index is 620. The first kappa shape index (κ1) is 12.6. The van der Waals surface area contributed by atoms with E-state index in [9.17, 15) is 14.4 Å². The zero-order valence-corrected chi connectivity index (χ0v) is 11.2. The second-order valence-electron chi connectivity index (χ2n) is 5.00. The van der Waals surface area contributed by atoms with Crippen LogP contribution in [0.4, 0.5) is 0 Å². The van der Waals surface area contributed by atoms with Crippen LogP contribution in [0.25, 0.3) is 0 Å². The van der Waals surface area contributed by atoms with E-state index in [0.717, 1.165) is 11.1 Å². The summed E-state index contributed by atoms with van der Waals surface area (Å²) in [6.07, 6.45) is 0.505. The molecular formula is C15H15O3P. The van der Waals surface area contributed by atoms with Crippen molar-refractivity contribution in [3.63, 3.8) is 0 Å². The highest BCUT2D eigenvalue weighted by molar-refractivity contribution is 7.53. The molecule has 2 aromatic carbocycles. The fourth-order valence-corrected chi connectivity index (χ4v) is 4.33. The van der Waals surface area contributed by atoms with Gasteiger partial charge in [0.2, 0.25) is 0 Å². The zero-order valence-electron chi connectivity index (χ0n) is 10.3. The number of benzene rings is 2. The van der Waals surface area contributed by atoms with Gasteiger partial charge in [-0.2, -0.15) is 0 Å². The SMILES string of the molecule is O=P(O)(O)C1(c2ccccc2)CC1c1ccccc1. The molecule has 3 nitrogen and oxygen atoms in total. The predicted octanol–water partition coefficient (Wildman–Crippen LogP) is 3.25. The molecule has 1 saturated carbocycles. The second-order valence-corrected chi connectivity index (χ2v) is 6.89. The van der Waals surface area contributed by atoms with Crippen LogP contribution in [0.1, 0.15) is 23.5 Å². The molecular weight excluding hydrogens is 259 g/mol. The van der Waals surface area contributed by atoms with E-state index >= 15 is 0 Å². The maximum atomic E-state index is 12.0. The molecule has 0 saturated heterocycles. The molecule has 19 heavy (non-hydrogen) atoms. The van der Waals surface area contributed by atoms with Gasteiger partial charge < -0.3 is 9.79 Å².